The Labute approximate surface area is 110 Å². The molecule has 0 saturated heterocycles. The number of carboxylic acid groups (broad SMARTS) is 1. The smallest absolute Gasteiger partial charge is 0.332 e. The molecule has 1 rings (SSSR count). The van der Waals surface area contributed by atoms with Crippen molar-refractivity contribution >= 4 is 12.0 Å². The Morgan fingerprint density at radius 3 is 2.79 bits per heavy atom. The van der Waals surface area contributed by atoms with Gasteiger partial charge in [-0.2, -0.15) is 0 Å². The van der Waals surface area contributed by atoms with Crippen molar-refractivity contribution in [2.75, 3.05) is 6.54 Å². The molecule has 0 aromatic carbocycles. The summed E-state index contributed by atoms with van der Waals surface area (Å²) < 4.78 is 1.83. The summed E-state index contributed by atoms with van der Waals surface area (Å²) in [5, 5.41) is 22.6. The first-order chi connectivity index (χ1) is 8.99. The number of rotatable bonds is 7. The Bertz CT molecular complexity index is 407. The zero-order chi connectivity index (χ0) is 14.3. The maximum atomic E-state index is 11.5. The fourth-order valence-corrected chi connectivity index (χ4v) is 1.48. The number of imidazole rings is 1. The second-order valence-electron chi connectivity index (χ2n) is 4.20. The third kappa shape index (κ3) is 5.87. The minimum absolute atomic E-state index is 0.0291. The summed E-state index contributed by atoms with van der Waals surface area (Å²) in [6, 6.07) is -0.496. The van der Waals surface area contributed by atoms with Crippen LogP contribution in [0.15, 0.2) is 18.7 Å². The number of nitrogens with one attached hydrogen (secondary N) is 2. The monoisotopic (exact) mass is 270 g/mol. The van der Waals surface area contributed by atoms with Gasteiger partial charge in [0.1, 0.15) is 0 Å². The van der Waals surface area contributed by atoms with E-state index >= 15 is 0 Å². The summed E-state index contributed by atoms with van der Waals surface area (Å²) in [5.41, 5.74) is 0. The van der Waals surface area contributed by atoms with Gasteiger partial charge in [0.15, 0.2) is 6.10 Å². The summed E-state index contributed by atoms with van der Waals surface area (Å²) in [5.74, 6) is -1.30. The van der Waals surface area contributed by atoms with Crippen LogP contribution in [0.25, 0.3) is 0 Å². The fraction of sp³-hybridized carbons (Fsp3) is 0.545. The van der Waals surface area contributed by atoms with Crippen molar-refractivity contribution in [3.05, 3.63) is 18.7 Å². The van der Waals surface area contributed by atoms with Crippen molar-refractivity contribution in [1.82, 2.24) is 20.2 Å². The molecule has 0 aliphatic heterocycles. The SMILES string of the molecule is CC(Cn1ccnc1)NC(=O)NCCC(O)C(=O)O. The van der Waals surface area contributed by atoms with E-state index in [1.54, 1.807) is 18.7 Å². The first-order valence-corrected chi connectivity index (χ1v) is 5.90. The number of aliphatic carboxylic acids is 1. The second kappa shape index (κ2) is 7.37. The molecule has 0 bridgehead atoms. The van der Waals surface area contributed by atoms with Crippen molar-refractivity contribution in [2.45, 2.75) is 32.0 Å². The maximum Gasteiger partial charge on any atom is 0.332 e. The number of hydrogen-bond donors (Lipinski definition) is 4. The number of nitrogens with zero attached hydrogens (tertiary/aromatic N) is 2. The number of aliphatic hydroxyl groups is 1. The van der Waals surface area contributed by atoms with Crippen LogP contribution in [0.5, 0.6) is 0 Å². The molecule has 1 aromatic heterocycles. The molecular weight excluding hydrogens is 252 g/mol. The summed E-state index contributed by atoms with van der Waals surface area (Å²) in [6.07, 6.45) is 3.61. The number of carbonyl (C=O) groups is 2. The molecule has 19 heavy (non-hydrogen) atoms. The maximum absolute atomic E-state index is 11.5. The van der Waals surface area contributed by atoms with Gasteiger partial charge in [0.05, 0.1) is 6.33 Å². The van der Waals surface area contributed by atoms with Crippen molar-refractivity contribution in [1.29, 1.82) is 0 Å². The highest BCUT2D eigenvalue weighted by Crippen LogP contribution is 1.92. The molecule has 2 amide bonds. The molecule has 106 valence electrons. The van der Waals surface area contributed by atoms with Crippen LogP contribution < -0.4 is 10.6 Å². The lowest BCUT2D eigenvalue weighted by Crippen LogP contribution is -2.43. The first kappa shape index (κ1) is 15.0. The summed E-state index contributed by atoms with van der Waals surface area (Å²) in [4.78, 5) is 25.7. The van der Waals surface area contributed by atoms with Gasteiger partial charge in [-0.1, -0.05) is 0 Å². The predicted molar refractivity (Wildman–Crippen MR) is 66.5 cm³/mol. The normalized spacial score (nSPS) is 13.6. The largest absolute Gasteiger partial charge is 0.479 e. The van der Waals surface area contributed by atoms with Crippen LogP contribution in [0.4, 0.5) is 4.79 Å². The van der Waals surface area contributed by atoms with Crippen LogP contribution in [0.2, 0.25) is 0 Å². The average Bonchev–Trinajstić information content (AvgIpc) is 2.81. The van der Waals surface area contributed by atoms with Crippen molar-refractivity contribution in [3.63, 3.8) is 0 Å². The van der Waals surface area contributed by atoms with E-state index in [2.05, 4.69) is 15.6 Å². The van der Waals surface area contributed by atoms with Crippen molar-refractivity contribution in [2.24, 2.45) is 0 Å². The summed E-state index contributed by atoms with van der Waals surface area (Å²) in [7, 11) is 0. The molecule has 1 aromatic rings. The minimum Gasteiger partial charge on any atom is -0.479 e. The Morgan fingerprint density at radius 1 is 1.47 bits per heavy atom. The lowest BCUT2D eigenvalue weighted by Gasteiger charge is -2.15. The van der Waals surface area contributed by atoms with Crippen LogP contribution in [0, 0.1) is 0 Å². The van der Waals surface area contributed by atoms with Crippen LogP contribution in [0.3, 0.4) is 0 Å². The van der Waals surface area contributed by atoms with Gasteiger partial charge in [-0.15, -0.1) is 0 Å². The highest BCUT2D eigenvalue weighted by molar-refractivity contribution is 5.74. The van der Waals surface area contributed by atoms with Crippen molar-refractivity contribution < 1.29 is 19.8 Å². The second-order valence-corrected chi connectivity index (χ2v) is 4.20. The molecular formula is C11H18N4O4. The number of aliphatic hydroxyl groups excluding tert-OH is 1. The van der Waals surface area contributed by atoms with Gasteiger partial charge < -0.3 is 25.4 Å². The highest BCUT2D eigenvalue weighted by Gasteiger charge is 2.13. The zero-order valence-corrected chi connectivity index (χ0v) is 10.6. The van der Waals surface area contributed by atoms with Gasteiger partial charge in [0, 0.05) is 37.9 Å². The molecule has 8 heteroatoms. The van der Waals surface area contributed by atoms with E-state index in [0.29, 0.717) is 6.54 Å². The molecule has 0 saturated carbocycles. The molecule has 0 fully saturated rings. The third-order valence-electron chi connectivity index (χ3n) is 2.41. The van der Waals surface area contributed by atoms with Gasteiger partial charge in [-0.05, 0) is 6.92 Å². The number of carboxylic acids is 1. The standard InChI is InChI=1S/C11H18N4O4/c1-8(6-15-5-4-12-7-15)14-11(19)13-3-2-9(16)10(17)18/h4-5,7-9,16H,2-3,6H2,1H3,(H,17,18)(H2,13,14,19). The Morgan fingerprint density at radius 2 is 2.21 bits per heavy atom. The molecule has 2 unspecified atom stereocenters. The summed E-state index contributed by atoms with van der Waals surface area (Å²) in [6.45, 7) is 2.52. The van der Waals surface area contributed by atoms with Crippen LogP contribution in [-0.2, 0) is 11.3 Å². The fourth-order valence-electron chi connectivity index (χ4n) is 1.48. The molecule has 4 N–H and O–H groups in total. The third-order valence-corrected chi connectivity index (χ3v) is 2.41. The summed E-state index contributed by atoms with van der Waals surface area (Å²) >= 11 is 0. The van der Waals surface area contributed by atoms with E-state index in [0.717, 1.165) is 0 Å². The lowest BCUT2D eigenvalue weighted by atomic mass is 10.2. The molecule has 0 aliphatic rings. The van der Waals surface area contributed by atoms with Crippen LogP contribution >= 0.6 is 0 Å². The Balaban J connectivity index is 2.18. The van der Waals surface area contributed by atoms with Gasteiger partial charge >= 0.3 is 12.0 Å². The van der Waals surface area contributed by atoms with E-state index in [9.17, 15) is 9.59 Å². The first-order valence-electron chi connectivity index (χ1n) is 5.90. The molecule has 0 aliphatic carbocycles. The molecule has 8 nitrogen and oxygen atoms in total. The van der Waals surface area contributed by atoms with E-state index < -0.39 is 18.1 Å². The molecule has 1 heterocycles. The highest BCUT2D eigenvalue weighted by atomic mass is 16.4. The molecule has 2 atom stereocenters. The Hall–Kier alpha value is -2.09. The minimum atomic E-state index is -1.45. The van der Waals surface area contributed by atoms with Crippen molar-refractivity contribution in [3.8, 4) is 0 Å². The number of hydrogen-bond acceptors (Lipinski definition) is 4. The number of aromatic nitrogens is 2. The quantitative estimate of drug-likeness (QED) is 0.528. The van der Waals surface area contributed by atoms with Crippen LogP contribution in [0.1, 0.15) is 13.3 Å². The van der Waals surface area contributed by atoms with Crippen LogP contribution in [-0.4, -0.2) is 50.5 Å². The lowest BCUT2D eigenvalue weighted by molar-refractivity contribution is -0.146. The van der Waals surface area contributed by atoms with E-state index in [4.69, 9.17) is 10.2 Å². The molecule has 0 radical (unpaired) electrons. The van der Waals surface area contributed by atoms with E-state index in [1.807, 2.05) is 11.5 Å². The van der Waals surface area contributed by atoms with E-state index in [-0.39, 0.29) is 19.0 Å². The zero-order valence-electron chi connectivity index (χ0n) is 10.6. The van der Waals surface area contributed by atoms with Gasteiger partial charge in [0.25, 0.3) is 0 Å². The number of amides is 2. The van der Waals surface area contributed by atoms with Gasteiger partial charge in [-0.3, -0.25) is 0 Å². The Kier molecular flexibility index (Phi) is 5.80. The number of urea groups is 1. The average molecular weight is 270 g/mol. The topological polar surface area (TPSA) is 116 Å². The van der Waals surface area contributed by atoms with Gasteiger partial charge in [0.2, 0.25) is 0 Å². The number of carbonyl (C=O) groups excluding carboxylic acids is 1. The predicted octanol–water partition coefficient (Wildman–Crippen LogP) is -0.594. The van der Waals surface area contributed by atoms with Gasteiger partial charge in [-0.25, -0.2) is 14.6 Å². The van der Waals surface area contributed by atoms with E-state index in [1.165, 1.54) is 0 Å². The molecule has 0 spiro atoms.